The first kappa shape index (κ1) is 18.9. The molecule has 0 spiro atoms. The number of hydrogen-bond donors (Lipinski definition) is 1. The largest absolute Gasteiger partial charge is 0.497 e. The van der Waals surface area contributed by atoms with Crippen LogP contribution >= 0.6 is 0 Å². The fraction of sp³-hybridized carbons (Fsp3) is 0.417. The summed E-state index contributed by atoms with van der Waals surface area (Å²) in [4.78, 5) is 2.34. The first-order valence-corrected chi connectivity index (χ1v) is 10.2. The lowest BCUT2D eigenvalue weighted by atomic mass is 9.93. The third kappa shape index (κ3) is 4.33. The van der Waals surface area contributed by atoms with Gasteiger partial charge in [-0.15, -0.1) is 0 Å². The molecule has 0 atom stereocenters. The van der Waals surface area contributed by atoms with E-state index in [-0.39, 0.29) is 0 Å². The third-order valence-corrected chi connectivity index (χ3v) is 5.83. The van der Waals surface area contributed by atoms with Gasteiger partial charge in [0.05, 0.1) is 13.2 Å². The second kappa shape index (κ2) is 8.27. The van der Waals surface area contributed by atoms with E-state index in [0.29, 0.717) is 12.1 Å². The maximum absolute atomic E-state index is 6.33. The van der Waals surface area contributed by atoms with E-state index in [9.17, 15) is 0 Å². The van der Waals surface area contributed by atoms with Crippen LogP contribution in [0.4, 0.5) is 0 Å². The molecule has 0 amide bonds. The quantitative estimate of drug-likeness (QED) is 0.823. The SMILES string of the molecule is COc1ccc(CN2C=Cc3cc(OC4CCC(N)CC4)c(C)cc3C2)cc1. The van der Waals surface area contributed by atoms with Crippen molar-refractivity contribution in [3.05, 3.63) is 64.9 Å². The number of aryl methyl sites for hydroxylation is 1. The zero-order valence-electron chi connectivity index (χ0n) is 16.9. The summed E-state index contributed by atoms with van der Waals surface area (Å²) < 4.78 is 11.6. The van der Waals surface area contributed by atoms with Crippen LogP contribution in [-0.2, 0) is 13.1 Å². The highest BCUT2D eigenvalue weighted by atomic mass is 16.5. The average Bonchev–Trinajstić information content (AvgIpc) is 2.71. The summed E-state index contributed by atoms with van der Waals surface area (Å²) in [5.74, 6) is 1.92. The maximum atomic E-state index is 6.33. The van der Waals surface area contributed by atoms with Gasteiger partial charge in [0.2, 0.25) is 0 Å². The molecule has 1 aliphatic heterocycles. The van der Waals surface area contributed by atoms with E-state index < -0.39 is 0 Å². The van der Waals surface area contributed by atoms with Crippen LogP contribution in [-0.4, -0.2) is 24.2 Å². The highest BCUT2D eigenvalue weighted by molar-refractivity contribution is 5.60. The van der Waals surface area contributed by atoms with E-state index in [0.717, 1.165) is 50.3 Å². The summed E-state index contributed by atoms with van der Waals surface area (Å²) in [5, 5.41) is 0. The predicted octanol–water partition coefficient (Wildman–Crippen LogP) is 4.64. The molecule has 0 unspecified atom stereocenters. The molecule has 1 heterocycles. The Morgan fingerprint density at radius 2 is 1.82 bits per heavy atom. The standard InChI is InChI=1S/C24H30N2O2/c1-17-13-20-16-26(15-18-3-7-22(27-2)8-4-18)12-11-19(20)14-24(17)28-23-9-5-21(25)6-10-23/h3-4,7-8,11-14,21,23H,5-6,9-10,15-16,25H2,1-2H3. The first-order chi connectivity index (χ1) is 13.6. The topological polar surface area (TPSA) is 47.7 Å². The molecule has 0 aromatic heterocycles. The number of nitrogens with two attached hydrogens (primary N) is 1. The zero-order valence-corrected chi connectivity index (χ0v) is 16.9. The number of nitrogens with zero attached hydrogens (tertiary/aromatic N) is 1. The van der Waals surface area contributed by atoms with Crippen LogP contribution in [0.25, 0.3) is 6.08 Å². The summed E-state index contributed by atoms with van der Waals surface area (Å²) >= 11 is 0. The third-order valence-electron chi connectivity index (χ3n) is 5.83. The van der Waals surface area contributed by atoms with Gasteiger partial charge in [-0.05, 0) is 79.1 Å². The zero-order chi connectivity index (χ0) is 19.5. The molecule has 28 heavy (non-hydrogen) atoms. The second-order valence-electron chi connectivity index (χ2n) is 8.04. The van der Waals surface area contributed by atoms with Gasteiger partial charge in [0.15, 0.2) is 0 Å². The van der Waals surface area contributed by atoms with E-state index in [1.807, 2.05) is 12.1 Å². The molecule has 4 heteroatoms. The van der Waals surface area contributed by atoms with Crippen molar-refractivity contribution >= 4 is 6.08 Å². The van der Waals surface area contributed by atoms with Crippen molar-refractivity contribution in [2.75, 3.05) is 7.11 Å². The monoisotopic (exact) mass is 378 g/mol. The van der Waals surface area contributed by atoms with Gasteiger partial charge in [-0.2, -0.15) is 0 Å². The minimum Gasteiger partial charge on any atom is -0.497 e. The van der Waals surface area contributed by atoms with Gasteiger partial charge in [-0.25, -0.2) is 0 Å². The molecule has 1 fully saturated rings. The molecule has 148 valence electrons. The van der Waals surface area contributed by atoms with Crippen LogP contribution in [0, 0.1) is 6.92 Å². The lowest BCUT2D eigenvalue weighted by molar-refractivity contribution is 0.146. The Kier molecular flexibility index (Phi) is 5.58. The first-order valence-electron chi connectivity index (χ1n) is 10.2. The number of methoxy groups -OCH3 is 1. The molecule has 4 rings (SSSR count). The van der Waals surface area contributed by atoms with E-state index in [2.05, 4.69) is 48.4 Å². The fourth-order valence-electron chi connectivity index (χ4n) is 4.10. The van der Waals surface area contributed by atoms with Gasteiger partial charge in [0, 0.05) is 25.3 Å². The molecule has 4 nitrogen and oxygen atoms in total. The lowest BCUT2D eigenvalue weighted by Crippen LogP contribution is -2.31. The Hall–Kier alpha value is -2.46. The molecule has 2 N–H and O–H groups in total. The van der Waals surface area contributed by atoms with E-state index in [1.165, 1.54) is 22.3 Å². The number of fused-ring (bicyclic) bond motifs is 1. The van der Waals surface area contributed by atoms with E-state index in [1.54, 1.807) is 7.11 Å². The summed E-state index contributed by atoms with van der Waals surface area (Å²) in [6.45, 7) is 3.95. The molecule has 2 aliphatic rings. The summed E-state index contributed by atoms with van der Waals surface area (Å²) in [6, 6.07) is 13.1. The predicted molar refractivity (Wildman–Crippen MR) is 113 cm³/mol. The van der Waals surface area contributed by atoms with Crippen LogP contribution in [0.3, 0.4) is 0 Å². The number of benzene rings is 2. The van der Waals surface area contributed by atoms with E-state index in [4.69, 9.17) is 15.2 Å². The normalized spacial score (nSPS) is 21.3. The van der Waals surface area contributed by atoms with Gasteiger partial charge in [-0.1, -0.05) is 18.2 Å². The van der Waals surface area contributed by atoms with Gasteiger partial charge in [0.25, 0.3) is 0 Å². The average molecular weight is 379 g/mol. The molecule has 2 aromatic rings. The molecular weight excluding hydrogens is 348 g/mol. The molecule has 2 aromatic carbocycles. The van der Waals surface area contributed by atoms with Gasteiger partial charge in [-0.3, -0.25) is 0 Å². The molecule has 0 saturated heterocycles. The highest BCUT2D eigenvalue weighted by Gasteiger charge is 2.21. The second-order valence-corrected chi connectivity index (χ2v) is 8.04. The number of ether oxygens (including phenoxy) is 2. The molecule has 0 radical (unpaired) electrons. The fourth-order valence-corrected chi connectivity index (χ4v) is 4.10. The maximum Gasteiger partial charge on any atom is 0.123 e. The van der Waals surface area contributed by atoms with Crippen LogP contribution in [0.2, 0.25) is 0 Å². The minimum atomic E-state index is 0.302. The van der Waals surface area contributed by atoms with Gasteiger partial charge < -0.3 is 20.1 Å². The van der Waals surface area contributed by atoms with Crippen molar-refractivity contribution in [3.63, 3.8) is 0 Å². The van der Waals surface area contributed by atoms with Gasteiger partial charge >= 0.3 is 0 Å². The number of hydrogen-bond acceptors (Lipinski definition) is 4. The van der Waals surface area contributed by atoms with Crippen LogP contribution in [0.15, 0.2) is 42.6 Å². The molecule has 1 saturated carbocycles. The van der Waals surface area contributed by atoms with Crippen molar-refractivity contribution < 1.29 is 9.47 Å². The Bertz CT molecular complexity index is 836. The van der Waals surface area contributed by atoms with E-state index >= 15 is 0 Å². The van der Waals surface area contributed by atoms with Crippen molar-refractivity contribution in [2.24, 2.45) is 5.73 Å². The lowest BCUT2D eigenvalue weighted by Gasteiger charge is -2.29. The van der Waals surface area contributed by atoms with Crippen LogP contribution < -0.4 is 15.2 Å². The molecular formula is C24H30N2O2. The molecule has 1 aliphatic carbocycles. The molecule has 0 bridgehead atoms. The van der Waals surface area contributed by atoms with Crippen LogP contribution in [0.5, 0.6) is 11.5 Å². The number of rotatable bonds is 5. The van der Waals surface area contributed by atoms with Crippen molar-refractivity contribution in [1.82, 2.24) is 4.90 Å². The van der Waals surface area contributed by atoms with Crippen molar-refractivity contribution in [3.8, 4) is 11.5 Å². The highest BCUT2D eigenvalue weighted by Crippen LogP contribution is 2.31. The Morgan fingerprint density at radius 3 is 2.54 bits per heavy atom. The Labute approximate surface area is 167 Å². The summed E-state index contributed by atoms with van der Waals surface area (Å²) in [5.41, 5.74) is 11.1. The van der Waals surface area contributed by atoms with Crippen LogP contribution in [0.1, 0.15) is 47.9 Å². The summed E-state index contributed by atoms with van der Waals surface area (Å²) in [6.07, 6.45) is 8.93. The van der Waals surface area contributed by atoms with Gasteiger partial charge in [0.1, 0.15) is 11.5 Å². The Balaban J connectivity index is 1.43. The smallest absolute Gasteiger partial charge is 0.123 e. The summed E-state index contributed by atoms with van der Waals surface area (Å²) in [7, 11) is 1.70. The van der Waals surface area contributed by atoms with Crippen molar-refractivity contribution in [1.29, 1.82) is 0 Å². The Morgan fingerprint density at radius 1 is 1.07 bits per heavy atom. The minimum absolute atomic E-state index is 0.302. The van der Waals surface area contributed by atoms with Crippen molar-refractivity contribution in [2.45, 2.75) is 57.8 Å².